The van der Waals surface area contributed by atoms with Gasteiger partial charge in [0, 0.05) is 16.8 Å². The number of nitrogens with zero attached hydrogens (tertiary/aromatic N) is 3. The molecule has 0 saturated carbocycles. The number of aromatic nitrogens is 2. The Labute approximate surface area is 173 Å². The Hall–Kier alpha value is -2.92. The maximum Gasteiger partial charge on any atom is 0.586 e. The molecule has 3 aromatic rings. The monoisotopic (exact) mass is 455 g/mol. The molecule has 12 heteroatoms. The molecule has 1 amide bonds. The second kappa shape index (κ2) is 6.05. The molecule has 0 saturated heterocycles. The summed E-state index contributed by atoms with van der Waals surface area (Å²) in [6.45, 7) is 1.41. The standard InChI is InChI=1S/C18H12ClF2N3O5S/c1-2-30(26,27)15-12-6-10(19)3-4-24(12)22-16(15)23-8-9-5-13-14(7-11(9)17(23)25)29-18(20,21)28-13/h3-7H,2,8H2,1H3. The van der Waals surface area contributed by atoms with E-state index in [9.17, 15) is 22.0 Å². The molecule has 0 fully saturated rings. The van der Waals surface area contributed by atoms with E-state index in [-0.39, 0.29) is 45.6 Å². The molecule has 8 nitrogen and oxygen atoms in total. The van der Waals surface area contributed by atoms with E-state index < -0.39 is 22.0 Å². The van der Waals surface area contributed by atoms with Crippen molar-refractivity contribution in [3.63, 3.8) is 0 Å². The second-order valence-electron chi connectivity index (χ2n) is 6.75. The van der Waals surface area contributed by atoms with Crippen LogP contribution in [0.5, 0.6) is 11.5 Å². The molecule has 2 aliphatic rings. The highest BCUT2D eigenvalue weighted by Gasteiger charge is 2.45. The van der Waals surface area contributed by atoms with Crippen LogP contribution >= 0.6 is 11.6 Å². The van der Waals surface area contributed by atoms with E-state index in [0.717, 1.165) is 6.07 Å². The highest BCUT2D eigenvalue weighted by molar-refractivity contribution is 7.91. The van der Waals surface area contributed by atoms with Gasteiger partial charge in [-0.3, -0.25) is 9.69 Å². The smallest absolute Gasteiger partial charge is 0.395 e. The third-order valence-electron chi connectivity index (χ3n) is 4.91. The van der Waals surface area contributed by atoms with Gasteiger partial charge < -0.3 is 9.47 Å². The Bertz CT molecular complexity index is 1360. The molecule has 4 heterocycles. The van der Waals surface area contributed by atoms with Crippen molar-refractivity contribution in [2.45, 2.75) is 24.7 Å². The molecule has 156 valence electrons. The number of hydrogen-bond acceptors (Lipinski definition) is 6. The molecule has 0 bridgehead atoms. The maximum atomic E-state index is 13.3. The Morgan fingerprint density at radius 2 is 1.93 bits per heavy atom. The fourth-order valence-corrected chi connectivity index (χ4v) is 4.88. The Morgan fingerprint density at radius 1 is 1.23 bits per heavy atom. The lowest BCUT2D eigenvalue weighted by Gasteiger charge is -2.14. The van der Waals surface area contributed by atoms with Gasteiger partial charge in [0.25, 0.3) is 5.91 Å². The van der Waals surface area contributed by atoms with E-state index in [1.165, 1.54) is 40.7 Å². The quantitative estimate of drug-likeness (QED) is 0.602. The minimum atomic E-state index is -3.80. The molecule has 0 unspecified atom stereocenters. The number of carbonyl (C=O) groups is 1. The van der Waals surface area contributed by atoms with E-state index >= 15 is 0 Å². The van der Waals surface area contributed by atoms with Gasteiger partial charge in [-0.2, -0.15) is 0 Å². The number of rotatable bonds is 3. The molecule has 5 rings (SSSR count). The van der Waals surface area contributed by atoms with Crippen LogP contribution in [0.15, 0.2) is 35.4 Å². The molecule has 0 aliphatic carbocycles. The number of carbonyl (C=O) groups excluding carboxylic acids is 1. The first kappa shape index (κ1) is 19.1. The summed E-state index contributed by atoms with van der Waals surface area (Å²) in [5, 5.41) is 4.60. The van der Waals surface area contributed by atoms with Gasteiger partial charge in [-0.1, -0.05) is 18.5 Å². The fourth-order valence-electron chi connectivity index (χ4n) is 3.53. The summed E-state index contributed by atoms with van der Waals surface area (Å²) in [6, 6.07) is 5.43. The number of hydrogen-bond donors (Lipinski definition) is 0. The normalized spacial score (nSPS) is 17.1. The van der Waals surface area contributed by atoms with E-state index in [1.54, 1.807) is 0 Å². The first-order chi connectivity index (χ1) is 14.1. The number of amides is 1. The lowest BCUT2D eigenvalue weighted by atomic mass is 10.1. The number of ether oxygens (including phenoxy) is 2. The van der Waals surface area contributed by atoms with Crippen molar-refractivity contribution in [1.29, 1.82) is 0 Å². The van der Waals surface area contributed by atoms with Gasteiger partial charge in [-0.05, 0) is 29.8 Å². The summed E-state index contributed by atoms with van der Waals surface area (Å²) < 4.78 is 62.4. The molecule has 2 aliphatic heterocycles. The van der Waals surface area contributed by atoms with Gasteiger partial charge >= 0.3 is 6.29 Å². The highest BCUT2D eigenvalue weighted by Crippen LogP contribution is 2.45. The van der Waals surface area contributed by atoms with Gasteiger partial charge in [0.1, 0.15) is 4.90 Å². The van der Waals surface area contributed by atoms with Crippen LogP contribution in [0.1, 0.15) is 22.8 Å². The molecule has 0 radical (unpaired) electrons. The Kier molecular flexibility index (Phi) is 3.84. The Morgan fingerprint density at radius 3 is 2.63 bits per heavy atom. The van der Waals surface area contributed by atoms with Crippen molar-refractivity contribution in [2.24, 2.45) is 0 Å². The predicted molar refractivity (Wildman–Crippen MR) is 101 cm³/mol. The first-order valence-corrected chi connectivity index (χ1v) is 10.8. The summed E-state index contributed by atoms with van der Waals surface area (Å²) in [5.41, 5.74) is 0.719. The van der Waals surface area contributed by atoms with Crippen molar-refractivity contribution >= 4 is 38.7 Å². The highest BCUT2D eigenvalue weighted by atomic mass is 35.5. The first-order valence-electron chi connectivity index (χ1n) is 8.75. The molecular formula is C18H12ClF2N3O5S. The molecule has 0 spiro atoms. The number of sulfone groups is 1. The Balaban J connectivity index is 1.65. The number of fused-ring (bicyclic) bond motifs is 3. The van der Waals surface area contributed by atoms with Crippen LogP contribution in [0, 0.1) is 0 Å². The lowest BCUT2D eigenvalue weighted by molar-refractivity contribution is -0.286. The zero-order valence-electron chi connectivity index (χ0n) is 15.2. The van der Waals surface area contributed by atoms with E-state index in [2.05, 4.69) is 14.6 Å². The predicted octanol–water partition coefficient (Wildman–Crippen LogP) is 3.26. The van der Waals surface area contributed by atoms with E-state index in [0.29, 0.717) is 10.6 Å². The van der Waals surface area contributed by atoms with Crippen LogP contribution < -0.4 is 14.4 Å². The third kappa shape index (κ3) is 2.72. The van der Waals surface area contributed by atoms with Gasteiger partial charge in [0.05, 0.1) is 17.8 Å². The van der Waals surface area contributed by atoms with Crippen molar-refractivity contribution in [1.82, 2.24) is 9.61 Å². The number of pyridine rings is 1. The number of alkyl halides is 2. The number of halogens is 3. The topological polar surface area (TPSA) is 90.2 Å². The largest absolute Gasteiger partial charge is 0.586 e. The van der Waals surface area contributed by atoms with Gasteiger partial charge in [-0.15, -0.1) is 13.9 Å². The van der Waals surface area contributed by atoms with Gasteiger partial charge in [-0.25, -0.2) is 12.9 Å². The molecule has 30 heavy (non-hydrogen) atoms. The SMILES string of the molecule is CCS(=O)(=O)c1c(N2Cc3cc4c(cc3C2=O)OC(F)(F)O4)nn2ccc(Cl)cc12. The van der Waals surface area contributed by atoms with Crippen LogP contribution in [0.2, 0.25) is 5.02 Å². The summed E-state index contributed by atoms with van der Waals surface area (Å²) in [5.74, 6) is -1.33. The van der Waals surface area contributed by atoms with Crippen LogP contribution in [0.25, 0.3) is 5.52 Å². The molecule has 0 N–H and O–H groups in total. The number of benzene rings is 1. The number of anilines is 1. The maximum absolute atomic E-state index is 13.3. The summed E-state index contributed by atoms with van der Waals surface area (Å²) in [6.07, 6.45) is -2.31. The molecule has 1 aromatic carbocycles. The zero-order valence-corrected chi connectivity index (χ0v) is 16.8. The minimum absolute atomic E-state index is 0.0624. The zero-order chi connectivity index (χ0) is 21.4. The van der Waals surface area contributed by atoms with Crippen LogP contribution in [0.4, 0.5) is 14.6 Å². The summed E-state index contributed by atoms with van der Waals surface area (Å²) in [4.78, 5) is 14.1. The fraction of sp³-hybridized carbons (Fsp3) is 0.222. The van der Waals surface area contributed by atoms with Crippen molar-refractivity contribution < 1.29 is 31.5 Å². The average Bonchev–Trinajstić information content (AvgIpc) is 3.29. The van der Waals surface area contributed by atoms with Crippen molar-refractivity contribution in [3.05, 3.63) is 46.6 Å². The lowest BCUT2D eigenvalue weighted by Crippen LogP contribution is -2.26. The molecule has 2 aromatic heterocycles. The molecular weight excluding hydrogens is 444 g/mol. The second-order valence-corrected chi connectivity index (χ2v) is 9.40. The van der Waals surface area contributed by atoms with Gasteiger partial charge in [0.2, 0.25) is 0 Å². The van der Waals surface area contributed by atoms with Crippen LogP contribution in [0.3, 0.4) is 0 Å². The summed E-state index contributed by atoms with van der Waals surface area (Å²) in [7, 11) is -3.79. The van der Waals surface area contributed by atoms with Crippen LogP contribution in [-0.4, -0.2) is 36.0 Å². The van der Waals surface area contributed by atoms with Gasteiger partial charge in [0.15, 0.2) is 27.2 Å². The van der Waals surface area contributed by atoms with Crippen molar-refractivity contribution in [2.75, 3.05) is 10.7 Å². The van der Waals surface area contributed by atoms with Crippen LogP contribution in [-0.2, 0) is 16.4 Å². The van der Waals surface area contributed by atoms with E-state index in [4.69, 9.17) is 11.6 Å². The van der Waals surface area contributed by atoms with Crippen molar-refractivity contribution in [3.8, 4) is 11.5 Å². The third-order valence-corrected chi connectivity index (χ3v) is 6.92. The molecule has 0 atom stereocenters. The minimum Gasteiger partial charge on any atom is -0.395 e. The van der Waals surface area contributed by atoms with E-state index in [1.807, 2.05) is 0 Å². The average molecular weight is 456 g/mol. The summed E-state index contributed by atoms with van der Waals surface area (Å²) >= 11 is 6.03.